The molecule has 3 heterocycles. The summed E-state index contributed by atoms with van der Waals surface area (Å²) in [4.78, 5) is 14.8. The predicted molar refractivity (Wildman–Crippen MR) is 79.4 cm³/mol. The Bertz CT molecular complexity index is 509. The molecule has 4 rings (SSSR count). The Kier molecular flexibility index (Phi) is 3.88. The molecule has 2 saturated heterocycles. The van der Waals surface area contributed by atoms with Gasteiger partial charge in [-0.05, 0) is 37.5 Å². The van der Waals surface area contributed by atoms with E-state index >= 15 is 0 Å². The largest absolute Gasteiger partial charge is 0.381 e. The molecular formula is C16H23N3O3. The first-order valence-electron chi connectivity index (χ1n) is 8.34. The number of carbonyl (C=O) groups excluding carboxylic acids is 1. The molecule has 1 saturated carbocycles. The molecule has 2 atom stereocenters. The van der Waals surface area contributed by atoms with Crippen LogP contribution in [0.2, 0.25) is 0 Å². The summed E-state index contributed by atoms with van der Waals surface area (Å²) < 4.78 is 10.2. The van der Waals surface area contributed by atoms with E-state index in [4.69, 9.17) is 9.26 Å². The molecule has 1 aromatic rings. The van der Waals surface area contributed by atoms with Gasteiger partial charge in [-0.15, -0.1) is 0 Å². The second-order valence-corrected chi connectivity index (χ2v) is 6.76. The molecule has 2 aliphatic heterocycles. The lowest BCUT2D eigenvalue weighted by atomic mass is 9.98. The molecule has 0 bridgehead atoms. The number of likely N-dealkylation sites (tertiary alicyclic amines) is 1. The Morgan fingerprint density at radius 2 is 2.05 bits per heavy atom. The molecule has 0 radical (unpaired) electrons. The van der Waals surface area contributed by atoms with E-state index in [-0.39, 0.29) is 11.9 Å². The van der Waals surface area contributed by atoms with Crippen LogP contribution >= 0.6 is 0 Å². The van der Waals surface area contributed by atoms with Gasteiger partial charge in [0.05, 0.1) is 0 Å². The average molecular weight is 305 g/mol. The van der Waals surface area contributed by atoms with E-state index in [9.17, 15) is 4.79 Å². The minimum atomic E-state index is -0.113. The number of ether oxygens (including phenoxy) is 1. The number of hydrogen-bond acceptors (Lipinski definition) is 5. The average Bonchev–Trinajstić information content (AvgIpc) is 3.09. The van der Waals surface area contributed by atoms with Gasteiger partial charge < -0.3 is 14.6 Å². The van der Waals surface area contributed by atoms with Gasteiger partial charge in [0, 0.05) is 44.5 Å². The van der Waals surface area contributed by atoms with Crippen molar-refractivity contribution in [1.29, 1.82) is 0 Å². The van der Waals surface area contributed by atoms with Gasteiger partial charge in [0.25, 0.3) is 5.91 Å². The second-order valence-electron chi connectivity index (χ2n) is 6.76. The van der Waals surface area contributed by atoms with Crippen molar-refractivity contribution in [3.05, 3.63) is 18.0 Å². The van der Waals surface area contributed by atoms with Crippen molar-refractivity contribution in [1.82, 2.24) is 15.4 Å². The summed E-state index contributed by atoms with van der Waals surface area (Å²) in [6.07, 6.45) is 6.28. The van der Waals surface area contributed by atoms with Gasteiger partial charge in [-0.3, -0.25) is 9.69 Å². The zero-order chi connectivity index (χ0) is 14.9. The molecule has 1 amide bonds. The highest BCUT2D eigenvalue weighted by atomic mass is 16.5. The van der Waals surface area contributed by atoms with E-state index in [1.807, 2.05) is 0 Å². The summed E-state index contributed by atoms with van der Waals surface area (Å²) in [5.41, 5.74) is 0.374. The lowest BCUT2D eigenvalue weighted by Gasteiger charge is -2.31. The fourth-order valence-corrected chi connectivity index (χ4v) is 3.94. The number of hydrogen-bond donors (Lipinski definition) is 1. The van der Waals surface area contributed by atoms with Crippen molar-refractivity contribution in [2.24, 2.45) is 11.8 Å². The molecule has 22 heavy (non-hydrogen) atoms. The van der Waals surface area contributed by atoms with Crippen molar-refractivity contribution in [3.63, 3.8) is 0 Å². The van der Waals surface area contributed by atoms with E-state index in [0.717, 1.165) is 45.1 Å². The Hall–Kier alpha value is -1.40. The van der Waals surface area contributed by atoms with Gasteiger partial charge >= 0.3 is 0 Å². The summed E-state index contributed by atoms with van der Waals surface area (Å²) >= 11 is 0. The molecule has 0 spiro atoms. The molecule has 1 aromatic heterocycles. The van der Waals surface area contributed by atoms with Crippen molar-refractivity contribution in [3.8, 4) is 0 Å². The lowest BCUT2D eigenvalue weighted by Crippen LogP contribution is -2.43. The Morgan fingerprint density at radius 1 is 1.23 bits per heavy atom. The standard InChI is InChI=1S/C16H23N3O3/c20-16(14-5-8-22-18-14)17-15-10-19(9-13(15)11-1-2-11)12-3-6-21-7-4-12/h5,8,11-13,15H,1-4,6-7,9-10H2,(H,17,20)/t13-,15+/m0/s1. The molecule has 3 fully saturated rings. The van der Waals surface area contributed by atoms with Crippen LogP contribution in [-0.2, 0) is 4.74 Å². The Morgan fingerprint density at radius 3 is 2.73 bits per heavy atom. The van der Waals surface area contributed by atoms with Crippen LogP contribution in [-0.4, -0.2) is 54.4 Å². The van der Waals surface area contributed by atoms with Crippen molar-refractivity contribution < 1.29 is 14.1 Å². The zero-order valence-electron chi connectivity index (χ0n) is 12.7. The quantitative estimate of drug-likeness (QED) is 0.908. The maximum Gasteiger partial charge on any atom is 0.273 e. The SMILES string of the molecule is O=C(N[C@@H]1CN(C2CCOCC2)C[C@H]1C1CC1)c1ccon1. The maximum absolute atomic E-state index is 12.3. The molecule has 6 nitrogen and oxygen atoms in total. The van der Waals surface area contributed by atoms with Gasteiger partial charge in [0.1, 0.15) is 6.26 Å². The fourth-order valence-electron chi connectivity index (χ4n) is 3.94. The summed E-state index contributed by atoms with van der Waals surface area (Å²) in [7, 11) is 0. The van der Waals surface area contributed by atoms with E-state index < -0.39 is 0 Å². The number of carbonyl (C=O) groups is 1. The highest BCUT2D eigenvalue weighted by molar-refractivity contribution is 5.92. The minimum absolute atomic E-state index is 0.113. The molecule has 120 valence electrons. The zero-order valence-corrected chi connectivity index (χ0v) is 12.7. The van der Waals surface area contributed by atoms with Crippen molar-refractivity contribution in [2.45, 2.75) is 37.8 Å². The summed E-state index contributed by atoms with van der Waals surface area (Å²) in [6.45, 7) is 3.80. The van der Waals surface area contributed by atoms with Crippen LogP contribution in [0.15, 0.2) is 16.9 Å². The molecular weight excluding hydrogens is 282 g/mol. The van der Waals surface area contributed by atoms with Crippen LogP contribution in [0.25, 0.3) is 0 Å². The molecule has 3 aliphatic rings. The molecule has 0 unspecified atom stereocenters. The van der Waals surface area contributed by atoms with Gasteiger partial charge in [-0.1, -0.05) is 5.16 Å². The lowest BCUT2D eigenvalue weighted by molar-refractivity contribution is 0.0404. The van der Waals surface area contributed by atoms with E-state index in [1.165, 1.54) is 19.1 Å². The summed E-state index contributed by atoms with van der Waals surface area (Å²) in [5, 5.41) is 6.92. The first-order valence-corrected chi connectivity index (χ1v) is 8.34. The van der Waals surface area contributed by atoms with Crippen LogP contribution < -0.4 is 5.32 Å². The van der Waals surface area contributed by atoms with Crippen LogP contribution in [0.4, 0.5) is 0 Å². The predicted octanol–water partition coefficient (Wildman–Crippen LogP) is 1.29. The van der Waals surface area contributed by atoms with Crippen LogP contribution in [0.5, 0.6) is 0 Å². The van der Waals surface area contributed by atoms with E-state index in [2.05, 4.69) is 15.4 Å². The van der Waals surface area contributed by atoms with Crippen LogP contribution in [0, 0.1) is 11.8 Å². The smallest absolute Gasteiger partial charge is 0.273 e. The molecule has 1 aliphatic carbocycles. The molecule has 1 N–H and O–H groups in total. The van der Waals surface area contributed by atoms with Crippen molar-refractivity contribution >= 4 is 5.91 Å². The molecule has 6 heteroatoms. The number of aromatic nitrogens is 1. The number of nitrogens with one attached hydrogen (secondary N) is 1. The Balaban J connectivity index is 1.42. The van der Waals surface area contributed by atoms with Crippen LogP contribution in [0.1, 0.15) is 36.2 Å². The number of rotatable bonds is 4. The van der Waals surface area contributed by atoms with Gasteiger partial charge in [0.2, 0.25) is 0 Å². The monoisotopic (exact) mass is 305 g/mol. The fraction of sp³-hybridized carbons (Fsp3) is 0.750. The first kappa shape index (κ1) is 14.2. The topological polar surface area (TPSA) is 67.6 Å². The normalized spacial score (nSPS) is 30.5. The summed E-state index contributed by atoms with van der Waals surface area (Å²) in [6, 6.07) is 2.47. The molecule has 0 aromatic carbocycles. The van der Waals surface area contributed by atoms with E-state index in [0.29, 0.717) is 17.7 Å². The maximum atomic E-state index is 12.3. The van der Waals surface area contributed by atoms with Gasteiger partial charge in [0.15, 0.2) is 5.69 Å². The third-order valence-corrected chi connectivity index (χ3v) is 5.32. The first-order chi connectivity index (χ1) is 10.8. The van der Waals surface area contributed by atoms with Crippen LogP contribution in [0.3, 0.4) is 0 Å². The van der Waals surface area contributed by atoms with Gasteiger partial charge in [-0.25, -0.2) is 0 Å². The minimum Gasteiger partial charge on any atom is -0.381 e. The van der Waals surface area contributed by atoms with Gasteiger partial charge in [-0.2, -0.15) is 0 Å². The highest BCUT2D eigenvalue weighted by Crippen LogP contribution is 2.42. The third-order valence-electron chi connectivity index (χ3n) is 5.32. The summed E-state index contributed by atoms with van der Waals surface area (Å²) in [5.74, 6) is 1.25. The highest BCUT2D eigenvalue weighted by Gasteiger charge is 2.44. The number of amides is 1. The second kappa shape index (κ2) is 6.01. The number of nitrogens with zero attached hydrogens (tertiary/aromatic N) is 2. The van der Waals surface area contributed by atoms with E-state index in [1.54, 1.807) is 6.07 Å². The Labute approximate surface area is 130 Å². The van der Waals surface area contributed by atoms with Crippen molar-refractivity contribution in [2.75, 3.05) is 26.3 Å². The third kappa shape index (κ3) is 2.90.